The Labute approximate surface area is 102 Å². The summed E-state index contributed by atoms with van der Waals surface area (Å²) in [5, 5.41) is 9.18. The van der Waals surface area contributed by atoms with Crippen molar-refractivity contribution in [3.8, 4) is 0 Å². The molecule has 1 aromatic heterocycles. The molecular weight excluding hydrogens is 244 g/mol. The summed E-state index contributed by atoms with van der Waals surface area (Å²) < 4.78 is 0. The van der Waals surface area contributed by atoms with Crippen LogP contribution < -0.4 is 0 Å². The molecule has 0 spiro atoms. The second-order valence-electron chi connectivity index (χ2n) is 3.47. The molecule has 0 radical (unpaired) electrons. The second-order valence-corrected chi connectivity index (χ2v) is 5.93. The Morgan fingerprint density at radius 2 is 2.38 bits per heavy atom. The Morgan fingerprint density at radius 3 is 2.94 bits per heavy atom. The number of carboxylic acids is 1. The summed E-state index contributed by atoms with van der Waals surface area (Å²) in [4.78, 5) is 19.3. The van der Waals surface area contributed by atoms with E-state index in [1.807, 2.05) is 23.5 Å². The summed E-state index contributed by atoms with van der Waals surface area (Å²) in [6, 6.07) is 0. The van der Waals surface area contributed by atoms with E-state index in [0.717, 1.165) is 17.3 Å². The third kappa shape index (κ3) is 2.49. The van der Waals surface area contributed by atoms with Crippen molar-refractivity contribution in [2.45, 2.75) is 12.2 Å². The van der Waals surface area contributed by atoms with Crippen LogP contribution in [0.2, 0.25) is 0 Å². The SMILES string of the molecule is Cc1nc(C2CSCCS2)ncc1C(=O)O. The predicted octanol–water partition coefficient (Wildman–Crippen LogP) is 2.00. The number of thioether (sulfide) groups is 2. The smallest absolute Gasteiger partial charge is 0.339 e. The highest BCUT2D eigenvalue weighted by molar-refractivity contribution is 8.06. The van der Waals surface area contributed by atoms with Gasteiger partial charge in [-0.2, -0.15) is 11.8 Å². The van der Waals surface area contributed by atoms with Gasteiger partial charge in [0.25, 0.3) is 0 Å². The number of aryl methyl sites for hydroxylation is 1. The molecule has 2 heterocycles. The van der Waals surface area contributed by atoms with E-state index in [0.29, 0.717) is 10.9 Å². The van der Waals surface area contributed by atoms with Crippen LogP contribution in [-0.4, -0.2) is 38.3 Å². The summed E-state index contributed by atoms with van der Waals surface area (Å²) >= 11 is 3.74. The summed E-state index contributed by atoms with van der Waals surface area (Å²) in [5.74, 6) is 3.09. The van der Waals surface area contributed by atoms with Gasteiger partial charge in [0, 0.05) is 23.5 Å². The minimum absolute atomic E-state index is 0.192. The lowest BCUT2D eigenvalue weighted by atomic mass is 10.2. The zero-order chi connectivity index (χ0) is 11.5. The fraction of sp³-hybridized carbons (Fsp3) is 0.500. The van der Waals surface area contributed by atoms with E-state index >= 15 is 0 Å². The fourth-order valence-electron chi connectivity index (χ4n) is 1.49. The number of aromatic carboxylic acids is 1. The van der Waals surface area contributed by atoms with Gasteiger partial charge in [-0.3, -0.25) is 0 Å². The molecule has 1 aromatic rings. The van der Waals surface area contributed by atoms with Crippen molar-refractivity contribution in [3.05, 3.63) is 23.3 Å². The van der Waals surface area contributed by atoms with Gasteiger partial charge >= 0.3 is 5.97 Å². The van der Waals surface area contributed by atoms with Crippen LogP contribution in [0.15, 0.2) is 6.20 Å². The highest BCUT2D eigenvalue weighted by atomic mass is 32.2. The van der Waals surface area contributed by atoms with E-state index in [1.54, 1.807) is 6.92 Å². The first kappa shape index (κ1) is 11.7. The topological polar surface area (TPSA) is 63.1 Å². The first-order valence-electron chi connectivity index (χ1n) is 4.94. The van der Waals surface area contributed by atoms with Gasteiger partial charge in [-0.1, -0.05) is 0 Å². The Balaban J connectivity index is 2.23. The summed E-state index contributed by atoms with van der Waals surface area (Å²) in [6.07, 6.45) is 1.42. The maximum atomic E-state index is 10.8. The van der Waals surface area contributed by atoms with Crippen LogP contribution in [0.1, 0.15) is 27.1 Å². The summed E-state index contributed by atoms with van der Waals surface area (Å²) in [7, 11) is 0. The largest absolute Gasteiger partial charge is 0.478 e. The van der Waals surface area contributed by atoms with Gasteiger partial charge in [-0.15, -0.1) is 11.8 Å². The van der Waals surface area contributed by atoms with E-state index in [1.165, 1.54) is 11.9 Å². The number of carboxylic acid groups (broad SMARTS) is 1. The molecule has 0 amide bonds. The van der Waals surface area contributed by atoms with Gasteiger partial charge in [0.2, 0.25) is 0 Å². The van der Waals surface area contributed by atoms with Crippen molar-refractivity contribution in [1.82, 2.24) is 9.97 Å². The number of rotatable bonds is 2. The van der Waals surface area contributed by atoms with Crippen molar-refractivity contribution < 1.29 is 9.90 Å². The molecule has 1 atom stereocenters. The number of carbonyl (C=O) groups is 1. The molecule has 0 aromatic carbocycles. The molecule has 0 aliphatic carbocycles. The third-order valence-corrected chi connectivity index (χ3v) is 5.08. The molecular formula is C10H12N2O2S2. The van der Waals surface area contributed by atoms with Crippen molar-refractivity contribution in [1.29, 1.82) is 0 Å². The van der Waals surface area contributed by atoms with Crippen molar-refractivity contribution >= 4 is 29.5 Å². The molecule has 0 saturated carbocycles. The minimum atomic E-state index is -0.963. The Morgan fingerprint density at radius 1 is 1.56 bits per heavy atom. The Bertz CT molecular complexity index is 406. The maximum absolute atomic E-state index is 10.8. The van der Waals surface area contributed by atoms with Crippen molar-refractivity contribution in [2.75, 3.05) is 17.3 Å². The van der Waals surface area contributed by atoms with Gasteiger partial charge in [0.1, 0.15) is 5.82 Å². The molecule has 16 heavy (non-hydrogen) atoms. The number of nitrogens with zero attached hydrogens (tertiary/aromatic N) is 2. The average molecular weight is 256 g/mol. The number of hydrogen-bond acceptors (Lipinski definition) is 5. The molecule has 86 valence electrons. The van der Waals surface area contributed by atoms with Crippen molar-refractivity contribution in [2.24, 2.45) is 0 Å². The van der Waals surface area contributed by atoms with Gasteiger partial charge in [0.15, 0.2) is 0 Å². The predicted molar refractivity (Wildman–Crippen MR) is 66.3 cm³/mol. The highest BCUT2D eigenvalue weighted by Gasteiger charge is 2.20. The lowest BCUT2D eigenvalue weighted by molar-refractivity contribution is 0.0695. The Hall–Kier alpha value is -0.750. The minimum Gasteiger partial charge on any atom is -0.478 e. The lowest BCUT2D eigenvalue weighted by Gasteiger charge is -2.19. The van der Waals surface area contributed by atoms with Crippen LogP contribution in [0.3, 0.4) is 0 Å². The molecule has 1 aliphatic heterocycles. The highest BCUT2D eigenvalue weighted by Crippen LogP contribution is 2.34. The summed E-state index contributed by atoms with van der Waals surface area (Å²) in [5.41, 5.74) is 0.742. The molecule has 0 bridgehead atoms. The van der Waals surface area contributed by atoms with E-state index < -0.39 is 5.97 Å². The molecule has 6 heteroatoms. The molecule has 1 fully saturated rings. The monoisotopic (exact) mass is 256 g/mol. The van der Waals surface area contributed by atoms with Crippen LogP contribution in [0.5, 0.6) is 0 Å². The molecule has 1 aliphatic rings. The zero-order valence-electron chi connectivity index (χ0n) is 8.84. The van der Waals surface area contributed by atoms with Gasteiger partial charge in [-0.05, 0) is 6.92 Å². The van der Waals surface area contributed by atoms with Crippen LogP contribution in [0, 0.1) is 6.92 Å². The van der Waals surface area contributed by atoms with E-state index in [9.17, 15) is 4.79 Å². The first-order chi connectivity index (χ1) is 7.68. The molecule has 1 N–H and O–H groups in total. The van der Waals surface area contributed by atoms with Gasteiger partial charge < -0.3 is 5.11 Å². The number of hydrogen-bond donors (Lipinski definition) is 1. The molecule has 1 saturated heterocycles. The molecule has 4 nitrogen and oxygen atoms in total. The maximum Gasteiger partial charge on any atom is 0.339 e. The quantitative estimate of drug-likeness (QED) is 0.873. The van der Waals surface area contributed by atoms with Crippen LogP contribution in [0.4, 0.5) is 0 Å². The zero-order valence-corrected chi connectivity index (χ0v) is 10.5. The lowest BCUT2D eigenvalue weighted by Crippen LogP contribution is -2.13. The Kier molecular flexibility index (Phi) is 3.70. The van der Waals surface area contributed by atoms with E-state index in [-0.39, 0.29) is 5.56 Å². The van der Waals surface area contributed by atoms with Crippen LogP contribution in [0.25, 0.3) is 0 Å². The fourth-order valence-corrected chi connectivity index (χ4v) is 4.09. The average Bonchev–Trinajstić information content (AvgIpc) is 2.29. The van der Waals surface area contributed by atoms with Crippen LogP contribution >= 0.6 is 23.5 Å². The van der Waals surface area contributed by atoms with Crippen molar-refractivity contribution in [3.63, 3.8) is 0 Å². The van der Waals surface area contributed by atoms with Gasteiger partial charge in [0.05, 0.1) is 16.5 Å². The van der Waals surface area contributed by atoms with Crippen LogP contribution in [-0.2, 0) is 0 Å². The first-order valence-corrected chi connectivity index (χ1v) is 7.15. The van der Waals surface area contributed by atoms with Gasteiger partial charge in [-0.25, -0.2) is 14.8 Å². The summed E-state index contributed by atoms with van der Waals surface area (Å²) in [6.45, 7) is 1.72. The number of aromatic nitrogens is 2. The standard InChI is InChI=1S/C10H12N2O2S2/c1-6-7(10(13)14)4-11-9(12-6)8-5-15-2-3-16-8/h4,8H,2-3,5H2,1H3,(H,13,14). The third-order valence-electron chi connectivity index (χ3n) is 2.33. The second kappa shape index (κ2) is 5.05. The van der Waals surface area contributed by atoms with E-state index in [4.69, 9.17) is 5.11 Å². The van der Waals surface area contributed by atoms with E-state index in [2.05, 4.69) is 9.97 Å². The molecule has 2 rings (SSSR count). The molecule has 1 unspecified atom stereocenters. The normalized spacial score (nSPS) is 20.7.